The van der Waals surface area contributed by atoms with Gasteiger partial charge in [0.15, 0.2) is 0 Å². The molecule has 0 spiro atoms. The quantitative estimate of drug-likeness (QED) is 0.305. The number of unbranched alkanes of at least 4 members (excludes halogenated alkanes) is 4. The predicted octanol–water partition coefficient (Wildman–Crippen LogP) is 7.39. The molecular formula is C20H40. The zero-order chi connectivity index (χ0) is 15.6. The minimum atomic E-state index is 0.337. The minimum Gasteiger partial charge on any atom is -0.0880 e. The van der Waals surface area contributed by atoms with Gasteiger partial charge < -0.3 is 0 Å². The molecule has 0 fully saturated rings. The topological polar surface area (TPSA) is 0 Å². The average molecular weight is 281 g/mol. The van der Waals surface area contributed by atoms with E-state index in [1.165, 1.54) is 51.4 Å². The Bertz CT molecular complexity index is 246. The summed E-state index contributed by atoms with van der Waals surface area (Å²) < 4.78 is 0. The molecule has 0 heterocycles. The highest BCUT2D eigenvalue weighted by Crippen LogP contribution is 2.34. The molecule has 0 saturated heterocycles. The van der Waals surface area contributed by atoms with Gasteiger partial charge in [0.05, 0.1) is 0 Å². The Balaban J connectivity index is 4.03. The molecule has 0 heteroatoms. The lowest BCUT2D eigenvalue weighted by molar-refractivity contribution is 0.203. The van der Waals surface area contributed by atoms with E-state index < -0.39 is 0 Å². The normalized spacial score (nSPS) is 14.9. The first kappa shape index (κ1) is 19.7. The molecule has 20 heavy (non-hydrogen) atoms. The van der Waals surface area contributed by atoms with Crippen LogP contribution in [0, 0.1) is 16.7 Å². The van der Waals surface area contributed by atoms with Crippen molar-refractivity contribution in [3.05, 3.63) is 12.2 Å². The third-order valence-electron chi connectivity index (χ3n) is 4.17. The van der Waals surface area contributed by atoms with Crippen molar-refractivity contribution >= 4 is 0 Å². The maximum absolute atomic E-state index is 2.42. The lowest BCUT2D eigenvalue weighted by Crippen LogP contribution is -2.20. The van der Waals surface area contributed by atoms with Crippen molar-refractivity contribution in [3.8, 4) is 0 Å². The van der Waals surface area contributed by atoms with Gasteiger partial charge in [0.25, 0.3) is 0 Å². The monoisotopic (exact) mass is 280 g/mol. The minimum absolute atomic E-state index is 0.337. The third-order valence-corrected chi connectivity index (χ3v) is 4.17. The van der Waals surface area contributed by atoms with E-state index in [1.807, 2.05) is 0 Å². The summed E-state index contributed by atoms with van der Waals surface area (Å²) in [5.41, 5.74) is 0.809. The van der Waals surface area contributed by atoms with Crippen molar-refractivity contribution in [1.82, 2.24) is 0 Å². The van der Waals surface area contributed by atoms with Crippen LogP contribution >= 0.6 is 0 Å². The summed E-state index contributed by atoms with van der Waals surface area (Å²) in [6, 6.07) is 0. The zero-order valence-electron chi connectivity index (χ0n) is 15.4. The second-order valence-corrected chi connectivity index (χ2v) is 8.61. The molecule has 0 aliphatic heterocycles. The molecule has 0 bridgehead atoms. The van der Waals surface area contributed by atoms with Crippen LogP contribution in [0.4, 0.5) is 0 Å². The second kappa shape index (κ2) is 9.64. The van der Waals surface area contributed by atoms with Gasteiger partial charge in [-0.2, -0.15) is 0 Å². The van der Waals surface area contributed by atoms with Crippen LogP contribution in [0.5, 0.6) is 0 Å². The van der Waals surface area contributed by atoms with Crippen molar-refractivity contribution in [2.45, 2.75) is 99.8 Å². The van der Waals surface area contributed by atoms with E-state index in [9.17, 15) is 0 Å². The van der Waals surface area contributed by atoms with Crippen LogP contribution in [0.3, 0.4) is 0 Å². The van der Waals surface area contributed by atoms with Crippen LogP contribution in [0.2, 0.25) is 0 Å². The highest BCUT2D eigenvalue weighted by Gasteiger charge is 2.23. The zero-order valence-corrected chi connectivity index (χ0v) is 15.4. The molecule has 0 saturated carbocycles. The summed E-state index contributed by atoms with van der Waals surface area (Å²) in [5, 5.41) is 0. The Morgan fingerprint density at radius 1 is 0.800 bits per heavy atom. The van der Waals surface area contributed by atoms with E-state index in [-0.39, 0.29) is 0 Å². The van der Waals surface area contributed by atoms with E-state index >= 15 is 0 Å². The van der Waals surface area contributed by atoms with Crippen molar-refractivity contribution in [1.29, 1.82) is 0 Å². The fourth-order valence-corrected chi connectivity index (χ4v) is 2.75. The summed E-state index contributed by atoms with van der Waals surface area (Å²) in [5.74, 6) is 0.891. The van der Waals surface area contributed by atoms with Gasteiger partial charge in [-0.3, -0.25) is 0 Å². The second-order valence-electron chi connectivity index (χ2n) is 8.61. The fraction of sp³-hybridized carbons (Fsp3) is 0.900. The first-order valence-electron chi connectivity index (χ1n) is 8.84. The van der Waals surface area contributed by atoms with Gasteiger partial charge in [0, 0.05) is 0 Å². The highest BCUT2D eigenvalue weighted by atomic mass is 14.3. The van der Waals surface area contributed by atoms with Gasteiger partial charge in [0.1, 0.15) is 0 Å². The molecule has 0 N–H and O–H groups in total. The van der Waals surface area contributed by atoms with Crippen molar-refractivity contribution in [2.24, 2.45) is 16.7 Å². The molecule has 1 unspecified atom stereocenters. The van der Waals surface area contributed by atoms with E-state index in [2.05, 4.69) is 60.6 Å². The van der Waals surface area contributed by atoms with E-state index in [0.717, 1.165) is 5.92 Å². The SMILES string of the molecule is CCCCCCC(CCCC=CC(C)(C)C)C(C)(C)C. The Hall–Kier alpha value is -0.260. The van der Waals surface area contributed by atoms with E-state index in [0.29, 0.717) is 10.8 Å². The van der Waals surface area contributed by atoms with Crippen LogP contribution in [0.1, 0.15) is 99.8 Å². The fourth-order valence-electron chi connectivity index (χ4n) is 2.75. The van der Waals surface area contributed by atoms with Crippen molar-refractivity contribution in [2.75, 3.05) is 0 Å². The maximum Gasteiger partial charge on any atom is -0.0203 e. The first-order chi connectivity index (χ1) is 9.17. The third kappa shape index (κ3) is 11.6. The van der Waals surface area contributed by atoms with Crippen LogP contribution < -0.4 is 0 Å². The Morgan fingerprint density at radius 2 is 1.40 bits per heavy atom. The average Bonchev–Trinajstić information content (AvgIpc) is 2.28. The Labute approximate surface area is 129 Å². The van der Waals surface area contributed by atoms with Gasteiger partial charge in [-0.15, -0.1) is 0 Å². The molecule has 0 aromatic rings. The summed E-state index contributed by atoms with van der Waals surface area (Å²) in [4.78, 5) is 0. The molecule has 0 nitrogen and oxygen atoms in total. The highest BCUT2D eigenvalue weighted by molar-refractivity contribution is 4.92. The van der Waals surface area contributed by atoms with Crippen LogP contribution in [0.25, 0.3) is 0 Å². The van der Waals surface area contributed by atoms with Gasteiger partial charge in [-0.05, 0) is 42.4 Å². The van der Waals surface area contributed by atoms with Crippen molar-refractivity contribution in [3.63, 3.8) is 0 Å². The molecule has 0 aliphatic carbocycles. The largest absolute Gasteiger partial charge is 0.0880 e. The van der Waals surface area contributed by atoms with Crippen molar-refractivity contribution < 1.29 is 0 Å². The number of hydrogen-bond donors (Lipinski definition) is 0. The van der Waals surface area contributed by atoms with Gasteiger partial charge >= 0.3 is 0 Å². The molecule has 1 atom stereocenters. The smallest absolute Gasteiger partial charge is 0.0203 e. The lowest BCUT2D eigenvalue weighted by atomic mass is 9.75. The molecule has 0 aromatic heterocycles. The summed E-state index contributed by atoms with van der Waals surface area (Å²) in [6.07, 6.45) is 15.8. The lowest BCUT2D eigenvalue weighted by Gasteiger charge is -2.31. The summed E-state index contributed by atoms with van der Waals surface area (Å²) in [6.45, 7) is 16.4. The maximum atomic E-state index is 2.42. The van der Waals surface area contributed by atoms with Crippen LogP contribution in [-0.4, -0.2) is 0 Å². The number of rotatable bonds is 9. The van der Waals surface area contributed by atoms with Gasteiger partial charge in [-0.1, -0.05) is 86.3 Å². The number of allylic oxidation sites excluding steroid dienone is 2. The Kier molecular flexibility index (Phi) is 9.51. The molecule has 120 valence electrons. The van der Waals surface area contributed by atoms with Crippen LogP contribution in [0.15, 0.2) is 12.2 Å². The Morgan fingerprint density at radius 3 is 1.90 bits per heavy atom. The van der Waals surface area contributed by atoms with Crippen LogP contribution in [-0.2, 0) is 0 Å². The predicted molar refractivity (Wildman–Crippen MR) is 94.2 cm³/mol. The standard InChI is InChI=1S/C20H40/c1-8-9-10-12-15-18(20(5,6)7)16-13-11-14-17-19(2,3)4/h14,17-18H,8-13,15-16H2,1-7H3. The molecular weight excluding hydrogens is 240 g/mol. The van der Waals surface area contributed by atoms with E-state index in [1.54, 1.807) is 0 Å². The summed E-state index contributed by atoms with van der Waals surface area (Å²) >= 11 is 0. The molecule has 0 radical (unpaired) electrons. The van der Waals surface area contributed by atoms with E-state index in [4.69, 9.17) is 0 Å². The molecule has 0 amide bonds. The van der Waals surface area contributed by atoms with Gasteiger partial charge in [-0.25, -0.2) is 0 Å². The first-order valence-corrected chi connectivity index (χ1v) is 8.84. The number of hydrogen-bond acceptors (Lipinski definition) is 0. The van der Waals surface area contributed by atoms with Gasteiger partial charge in [0.2, 0.25) is 0 Å². The molecule has 0 rings (SSSR count). The molecule has 0 aromatic carbocycles. The summed E-state index contributed by atoms with van der Waals surface area (Å²) in [7, 11) is 0. The molecule has 0 aliphatic rings.